The van der Waals surface area contributed by atoms with E-state index >= 15 is 0 Å². The Labute approximate surface area is 119 Å². The monoisotopic (exact) mass is 326 g/mol. The minimum Gasteiger partial charge on any atom is -0.481 e. The van der Waals surface area contributed by atoms with Crippen LogP contribution >= 0.6 is 15.9 Å². The number of urea groups is 1. The molecule has 2 N–H and O–H groups in total. The summed E-state index contributed by atoms with van der Waals surface area (Å²) in [5.74, 6) is -0.868. The van der Waals surface area contributed by atoms with Crippen LogP contribution in [0.2, 0.25) is 0 Å². The van der Waals surface area contributed by atoms with E-state index in [2.05, 4.69) is 21.2 Å². The molecule has 1 unspecified atom stereocenters. The van der Waals surface area contributed by atoms with Crippen molar-refractivity contribution in [2.75, 3.05) is 11.9 Å². The number of carbonyl (C=O) groups is 2. The first-order valence-electron chi connectivity index (χ1n) is 6.11. The van der Waals surface area contributed by atoms with Crippen molar-refractivity contribution >= 4 is 33.6 Å². The maximum Gasteiger partial charge on any atom is 0.322 e. The number of carbonyl (C=O) groups excluding carboxylic acids is 1. The van der Waals surface area contributed by atoms with E-state index in [0.29, 0.717) is 12.2 Å². The number of halogens is 1. The summed E-state index contributed by atoms with van der Waals surface area (Å²) in [5.41, 5.74) is 0.695. The standard InChI is InChI=1S/C13H15BrN2O3/c14-9-3-1-4-10(7-9)15-13(19)16-6-2-5-11(16)8-12(17)18/h1,3-4,7,11H,2,5-6,8H2,(H,15,19)(H,17,18). The topological polar surface area (TPSA) is 69.6 Å². The Morgan fingerprint density at radius 2 is 2.26 bits per heavy atom. The molecule has 0 bridgehead atoms. The van der Waals surface area contributed by atoms with Crippen molar-refractivity contribution in [1.82, 2.24) is 4.90 Å². The smallest absolute Gasteiger partial charge is 0.322 e. The Morgan fingerprint density at radius 3 is 2.95 bits per heavy atom. The molecule has 0 aliphatic carbocycles. The molecular weight excluding hydrogens is 312 g/mol. The fourth-order valence-corrected chi connectivity index (χ4v) is 2.68. The van der Waals surface area contributed by atoms with Crippen molar-refractivity contribution < 1.29 is 14.7 Å². The molecule has 1 aliphatic heterocycles. The molecule has 0 aromatic heterocycles. The van der Waals surface area contributed by atoms with Gasteiger partial charge >= 0.3 is 12.0 Å². The highest BCUT2D eigenvalue weighted by atomic mass is 79.9. The summed E-state index contributed by atoms with van der Waals surface area (Å²) in [6, 6.07) is 6.87. The number of nitrogens with zero attached hydrogens (tertiary/aromatic N) is 1. The molecule has 1 aromatic carbocycles. The molecule has 6 heteroatoms. The number of rotatable bonds is 3. The van der Waals surface area contributed by atoms with Gasteiger partial charge in [-0.25, -0.2) is 4.79 Å². The maximum atomic E-state index is 12.1. The number of nitrogens with one attached hydrogen (secondary N) is 1. The number of hydrogen-bond acceptors (Lipinski definition) is 2. The van der Waals surface area contributed by atoms with E-state index in [-0.39, 0.29) is 18.5 Å². The van der Waals surface area contributed by atoms with Crippen molar-refractivity contribution in [3.63, 3.8) is 0 Å². The zero-order valence-corrected chi connectivity index (χ0v) is 11.9. The minimum atomic E-state index is -0.868. The van der Waals surface area contributed by atoms with E-state index in [9.17, 15) is 9.59 Å². The quantitative estimate of drug-likeness (QED) is 0.897. The van der Waals surface area contributed by atoms with Crippen LogP contribution in [-0.4, -0.2) is 34.6 Å². The lowest BCUT2D eigenvalue weighted by Gasteiger charge is -2.23. The van der Waals surface area contributed by atoms with Crippen LogP contribution in [0, 0.1) is 0 Å². The van der Waals surface area contributed by atoms with Crippen molar-refractivity contribution in [3.05, 3.63) is 28.7 Å². The first-order valence-corrected chi connectivity index (χ1v) is 6.90. The second-order valence-electron chi connectivity index (χ2n) is 4.53. The van der Waals surface area contributed by atoms with Crippen LogP contribution in [0.25, 0.3) is 0 Å². The van der Waals surface area contributed by atoms with Crippen LogP contribution in [0.4, 0.5) is 10.5 Å². The van der Waals surface area contributed by atoms with Crippen LogP contribution in [0.5, 0.6) is 0 Å². The van der Waals surface area contributed by atoms with Gasteiger partial charge in [-0.1, -0.05) is 22.0 Å². The molecule has 0 spiro atoms. The van der Waals surface area contributed by atoms with Crippen LogP contribution in [0.1, 0.15) is 19.3 Å². The molecule has 2 rings (SSSR count). The van der Waals surface area contributed by atoms with Gasteiger partial charge in [-0.3, -0.25) is 4.79 Å². The molecule has 2 amide bonds. The number of carboxylic acids is 1. The third-order valence-corrected chi connectivity index (χ3v) is 3.62. The van der Waals surface area contributed by atoms with Crippen molar-refractivity contribution in [2.45, 2.75) is 25.3 Å². The van der Waals surface area contributed by atoms with Crippen LogP contribution < -0.4 is 5.32 Å². The van der Waals surface area contributed by atoms with Gasteiger partial charge in [0.05, 0.1) is 6.42 Å². The average Bonchev–Trinajstić information content (AvgIpc) is 2.76. The molecule has 1 fully saturated rings. The molecular formula is C13H15BrN2O3. The molecule has 1 saturated heterocycles. The SMILES string of the molecule is O=C(O)CC1CCCN1C(=O)Nc1cccc(Br)c1. The van der Waals surface area contributed by atoms with Gasteiger partial charge in [0.25, 0.3) is 0 Å². The second kappa shape index (κ2) is 6.06. The van der Waals surface area contributed by atoms with Crippen molar-refractivity contribution in [3.8, 4) is 0 Å². The molecule has 1 aromatic rings. The van der Waals surface area contributed by atoms with Gasteiger partial charge in [-0.2, -0.15) is 0 Å². The fourth-order valence-electron chi connectivity index (χ4n) is 2.28. The Morgan fingerprint density at radius 1 is 1.47 bits per heavy atom. The second-order valence-corrected chi connectivity index (χ2v) is 5.44. The van der Waals surface area contributed by atoms with Gasteiger partial charge in [0.15, 0.2) is 0 Å². The lowest BCUT2D eigenvalue weighted by Crippen LogP contribution is -2.39. The average molecular weight is 327 g/mol. The number of amides is 2. The molecule has 0 saturated carbocycles. The normalized spacial score (nSPS) is 18.4. The minimum absolute atomic E-state index is 0.00586. The third-order valence-electron chi connectivity index (χ3n) is 3.12. The Bertz CT molecular complexity index is 493. The summed E-state index contributed by atoms with van der Waals surface area (Å²) >= 11 is 3.34. The zero-order chi connectivity index (χ0) is 13.8. The summed E-state index contributed by atoms with van der Waals surface area (Å²) in [7, 11) is 0. The van der Waals surface area contributed by atoms with Crippen LogP contribution in [-0.2, 0) is 4.79 Å². The van der Waals surface area contributed by atoms with Crippen LogP contribution in [0.15, 0.2) is 28.7 Å². The highest BCUT2D eigenvalue weighted by molar-refractivity contribution is 9.10. The molecule has 102 valence electrons. The van der Waals surface area contributed by atoms with Crippen molar-refractivity contribution in [1.29, 1.82) is 0 Å². The van der Waals surface area contributed by atoms with E-state index in [4.69, 9.17) is 5.11 Å². The summed E-state index contributed by atoms with van der Waals surface area (Å²) in [6.45, 7) is 0.609. The highest BCUT2D eigenvalue weighted by Gasteiger charge is 2.30. The highest BCUT2D eigenvalue weighted by Crippen LogP contribution is 2.22. The van der Waals surface area contributed by atoms with Gasteiger partial charge in [-0.05, 0) is 31.0 Å². The molecule has 1 heterocycles. The Balaban J connectivity index is 2.01. The molecule has 1 aliphatic rings. The number of carboxylic acid groups (broad SMARTS) is 1. The van der Waals surface area contributed by atoms with Gasteiger partial charge in [0, 0.05) is 22.7 Å². The Hall–Kier alpha value is -1.56. The summed E-state index contributed by atoms with van der Waals surface area (Å²) in [4.78, 5) is 24.5. The molecule has 19 heavy (non-hydrogen) atoms. The predicted octanol–water partition coefficient (Wildman–Crippen LogP) is 2.92. The predicted molar refractivity (Wildman–Crippen MR) is 75.1 cm³/mol. The van der Waals surface area contributed by atoms with Crippen molar-refractivity contribution in [2.24, 2.45) is 0 Å². The van der Waals surface area contributed by atoms with Gasteiger partial charge in [-0.15, -0.1) is 0 Å². The summed E-state index contributed by atoms with van der Waals surface area (Å²) < 4.78 is 0.883. The lowest BCUT2D eigenvalue weighted by atomic mass is 10.1. The maximum absolute atomic E-state index is 12.1. The first kappa shape index (κ1) is 13.9. The van der Waals surface area contributed by atoms with Gasteiger partial charge in [0.2, 0.25) is 0 Å². The third kappa shape index (κ3) is 3.70. The summed E-state index contributed by atoms with van der Waals surface area (Å²) in [6.07, 6.45) is 1.61. The Kier molecular flexibility index (Phi) is 4.42. The van der Waals surface area contributed by atoms with Gasteiger partial charge < -0.3 is 15.3 Å². The number of likely N-dealkylation sites (tertiary alicyclic amines) is 1. The van der Waals surface area contributed by atoms with E-state index < -0.39 is 5.97 Å². The lowest BCUT2D eigenvalue weighted by molar-refractivity contribution is -0.137. The van der Waals surface area contributed by atoms with E-state index in [1.54, 1.807) is 17.0 Å². The summed E-state index contributed by atoms with van der Waals surface area (Å²) in [5, 5.41) is 11.6. The fraction of sp³-hybridized carbons (Fsp3) is 0.385. The van der Waals surface area contributed by atoms with Gasteiger partial charge in [0.1, 0.15) is 0 Å². The number of aliphatic carboxylic acids is 1. The molecule has 5 nitrogen and oxygen atoms in total. The molecule has 1 atom stereocenters. The number of benzene rings is 1. The number of anilines is 1. The van der Waals surface area contributed by atoms with E-state index in [1.165, 1.54) is 0 Å². The number of hydrogen-bond donors (Lipinski definition) is 2. The molecule has 0 radical (unpaired) electrons. The zero-order valence-electron chi connectivity index (χ0n) is 10.3. The first-order chi connectivity index (χ1) is 9.06. The van der Waals surface area contributed by atoms with Crippen LogP contribution in [0.3, 0.4) is 0 Å². The largest absolute Gasteiger partial charge is 0.481 e. The van der Waals surface area contributed by atoms with E-state index in [1.807, 2.05) is 12.1 Å². The van der Waals surface area contributed by atoms with E-state index in [0.717, 1.165) is 17.3 Å².